The number of ether oxygens (including phenoxy) is 3. The van der Waals surface area contributed by atoms with Crippen molar-refractivity contribution in [2.24, 2.45) is 0 Å². The number of carbonyl (C=O) groups excluding carboxylic acids is 1. The summed E-state index contributed by atoms with van der Waals surface area (Å²) in [7, 11) is 0. The number of likely N-dealkylation sites (N-methyl/N-ethyl adjacent to an activating group) is 1. The van der Waals surface area contributed by atoms with Gasteiger partial charge in [0, 0.05) is 30.8 Å². The first kappa shape index (κ1) is 25.3. The Balaban J connectivity index is 1.61. The summed E-state index contributed by atoms with van der Waals surface area (Å²) >= 11 is 1.50. The monoisotopic (exact) mass is 497 g/mol. The molecule has 3 aromatic rings. The van der Waals surface area contributed by atoms with Gasteiger partial charge in [-0.2, -0.15) is 0 Å². The van der Waals surface area contributed by atoms with Crippen LogP contribution in [0.3, 0.4) is 0 Å². The maximum absolute atomic E-state index is 13.8. The van der Waals surface area contributed by atoms with Crippen LogP contribution in [0.1, 0.15) is 50.4 Å². The molecule has 1 aromatic heterocycles. The molecule has 0 saturated heterocycles. The first-order chi connectivity index (χ1) is 17.1. The fourth-order valence-corrected chi connectivity index (χ4v) is 5.05. The van der Waals surface area contributed by atoms with Gasteiger partial charge in [0.1, 0.15) is 19.0 Å². The molecule has 0 spiro atoms. The normalized spacial score (nSPS) is 12.8. The highest BCUT2D eigenvalue weighted by Crippen LogP contribution is 2.39. The van der Waals surface area contributed by atoms with Crippen LogP contribution in [0, 0.1) is 0 Å². The van der Waals surface area contributed by atoms with Crippen molar-refractivity contribution in [3.8, 4) is 17.2 Å². The number of hydrogen-bond acceptors (Lipinski definition) is 7. The number of amides is 1. The second kappa shape index (κ2) is 12.2. The highest BCUT2D eigenvalue weighted by molar-refractivity contribution is 7.22. The standard InChI is InChI=1S/C27H35N3O4S/c1-4-7-8-14-32-21-11-9-10-20(17-21)26(31)30(13-12-29(5-2)6-3)27-28-22-18-23-24(19-25(22)35-27)34-16-15-33-23/h9-11,17-19H,4-8,12-16H2,1-3H3. The van der Waals surface area contributed by atoms with Crippen molar-refractivity contribution in [2.45, 2.75) is 40.0 Å². The fourth-order valence-electron chi connectivity index (χ4n) is 4.05. The number of hydrogen-bond donors (Lipinski definition) is 0. The molecular formula is C27H35N3O4S. The summed E-state index contributed by atoms with van der Waals surface area (Å²) in [5.74, 6) is 2.08. The zero-order valence-corrected chi connectivity index (χ0v) is 21.7. The minimum Gasteiger partial charge on any atom is -0.494 e. The van der Waals surface area contributed by atoms with E-state index in [1.165, 1.54) is 11.3 Å². The average molecular weight is 498 g/mol. The summed E-state index contributed by atoms with van der Waals surface area (Å²) in [4.78, 5) is 22.7. The van der Waals surface area contributed by atoms with E-state index in [9.17, 15) is 4.79 Å². The fraction of sp³-hybridized carbons (Fsp3) is 0.481. The van der Waals surface area contributed by atoms with Crippen molar-refractivity contribution in [3.05, 3.63) is 42.0 Å². The third kappa shape index (κ3) is 6.24. The molecule has 7 nitrogen and oxygen atoms in total. The number of carbonyl (C=O) groups is 1. The van der Waals surface area contributed by atoms with Crippen LogP contribution in [0.25, 0.3) is 10.2 Å². The lowest BCUT2D eigenvalue weighted by Crippen LogP contribution is -2.38. The van der Waals surface area contributed by atoms with Gasteiger partial charge in [-0.3, -0.25) is 9.69 Å². The van der Waals surface area contributed by atoms with Crippen molar-refractivity contribution in [1.82, 2.24) is 9.88 Å². The first-order valence-electron chi connectivity index (χ1n) is 12.6. The van der Waals surface area contributed by atoms with E-state index in [-0.39, 0.29) is 5.91 Å². The molecule has 1 amide bonds. The van der Waals surface area contributed by atoms with E-state index in [1.807, 2.05) is 36.4 Å². The molecule has 8 heteroatoms. The Morgan fingerprint density at radius 3 is 2.54 bits per heavy atom. The second-order valence-electron chi connectivity index (χ2n) is 8.53. The third-order valence-electron chi connectivity index (χ3n) is 6.15. The van der Waals surface area contributed by atoms with Gasteiger partial charge in [0.25, 0.3) is 5.91 Å². The molecule has 35 heavy (non-hydrogen) atoms. The zero-order chi connectivity index (χ0) is 24.6. The smallest absolute Gasteiger partial charge is 0.260 e. The number of thiazole rings is 1. The molecule has 1 aliphatic rings. The van der Waals surface area contributed by atoms with Gasteiger partial charge in [0.15, 0.2) is 16.6 Å². The van der Waals surface area contributed by atoms with Gasteiger partial charge in [-0.05, 0) is 37.7 Å². The lowest BCUT2D eigenvalue weighted by molar-refractivity contribution is 0.0983. The van der Waals surface area contributed by atoms with E-state index in [4.69, 9.17) is 19.2 Å². The number of anilines is 1. The van der Waals surface area contributed by atoms with Gasteiger partial charge in [-0.15, -0.1) is 0 Å². The van der Waals surface area contributed by atoms with Crippen molar-refractivity contribution < 1.29 is 19.0 Å². The number of unbranched alkanes of at least 4 members (excludes halogenated alkanes) is 2. The Kier molecular flexibility index (Phi) is 8.82. The van der Waals surface area contributed by atoms with E-state index in [0.717, 1.165) is 60.6 Å². The van der Waals surface area contributed by atoms with Gasteiger partial charge in [-0.25, -0.2) is 4.98 Å². The average Bonchev–Trinajstić information content (AvgIpc) is 3.30. The molecule has 0 bridgehead atoms. The maximum Gasteiger partial charge on any atom is 0.260 e. The summed E-state index contributed by atoms with van der Waals surface area (Å²) in [6.07, 6.45) is 3.29. The Morgan fingerprint density at radius 1 is 1.03 bits per heavy atom. The Labute approximate surface area is 211 Å². The molecule has 0 aliphatic carbocycles. The number of fused-ring (bicyclic) bond motifs is 2. The molecule has 0 unspecified atom stereocenters. The topological polar surface area (TPSA) is 64.1 Å². The molecule has 0 radical (unpaired) electrons. The zero-order valence-electron chi connectivity index (χ0n) is 20.9. The summed E-state index contributed by atoms with van der Waals surface area (Å²) < 4.78 is 18.3. The van der Waals surface area contributed by atoms with Crippen molar-refractivity contribution in [3.63, 3.8) is 0 Å². The predicted molar refractivity (Wildman–Crippen MR) is 142 cm³/mol. The Bertz CT molecular complexity index is 1090. The molecule has 4 rings (SSSR count). The van der Waals surface area contributed by atoms with Crippen LogP contribution in [0.4, 0.5) is 5.13 Å². The summed E-state index contributed by atoms with van der Waals surface area (Å²) in [5, 5.41) is 0.675. The molecule has 0 fully saturated rings. The Morgan fingerprint density at radius 2 is 1.80 bits per heavy atom. The molecule has 0 atom stereocenters. The number of aromatic nitrogens is 1. The number of benzene rings is 2. The van der Waals surface area contributed by atoms with Crippen LogP contribution in [0.2, 0.25) is 0 Å². The Hall–Kier alpha value is -2.84. The van der Waals surface area contributed by atoms with Crippen LogP contribution in [0.5, 0.6) is 17.2 Å². The first-order valence-corrected chi connectivity index (χ1v) is 13.4. The van der Waals surface area contributed by atoms with Crippen molar-refractivity contribution in [1.29, 1.82) is 0 Å². The third-order valence-corrected chi connectivity index (χ3v) is 7.19. The van der Waals surface area contributed by atoms with Crippen LogP contribution in [0.15, 0.2) is 36.4 Å². The number of nitrogens with zero attached hydrogens (tertiary/aromatic N) is 3. The van der Waals surface area contributed by atoms with Crippen LogP contribution < -0.4 is 19.1 Å². The van der Waals surface area contributed by atoms with Gasteiger partial charge in [0.2, 0.25) is 0 Å². The summed E-state index contributed by atoms with van der Waals surface area (Å²) in [6.45, 7) is 11.3. The summed E-state index contributed by atoms with van der Waals surface area (Å²) in [6, 6.07) is 11.3. The predicted octanol–water partition coefficient (Wildman–Crippen LogP) is 5.63. The molecule has 2 aromatic carbocycles. The van der Waals surface area contributed by atoms with Crippen molar-refractivity contribution in [2.75, 3.05) is 50.9 Å². The minimum atomic E-state index is -0.0764. The van der Waals surface area contributed by atoms with Gasteiger partial charge >= 0.3 is 0 Å². The van der Waals surface area contributed by atoms with Gasteiger partial charge in [-0.1, -0.05) is 51.0 Å². The number of rotatable bonds is 12. The van der Waals surface area contributed by atoms with Crippen molar-refractivity contribution >= 4 is 32.6 Å². The van der Waals surface area contributed by atoms with Gasteiger partial charge in [0.05, 0.1) is 16.8 Å². The molecular weight excluding hydrogens is 462 g/mol. The largest absolute Gasteiger partial charge is 0.494 e. The van der Waals surface area contributed by atoms with E-state index in [2.05, 4.69) is 25.7 Å². The van der Waals surface area contributed by atoms with E-state index >= 15 is 0 Å². The SMILES string of the molecule is CCCCCOc1cccc(C(=O)N(CCN(CC)CC)c2nc3cc4c(cc3s2)OCCO4)c1. The van der Waals surface area contributed by atoms with Gasteiger partial charge < -0.3 is 19.1 Å². The lowest BCUT2D eigenvalue weighted by atomic mass is 10.2. The molecule has 188 valence electrons. The summed E-state index contributed by atoms with van der Waals surface area (Å²) in [5.41, 5.74) is 1.41. The molecule has 1 aliphatic heterocycles. The maximum atomic E-state index is 13.8. The molecule has 0 saturated carbocycles. The highest BCUT2D eigenvalue weighted by atomic mass is 32.1. The highest BCUT2D eigenvalue weighted by Gasteiger charge is 2.24. The quantitative estimate of drug-likeness (QED) is 0.303. The van der Waals surface area contributed by atoms with Crippen LogP contribution in [-0.2, 0) is 0 Å². The molecule has 0 N–H and O–H groups in total. The van der Waals surface area contributed by atoms with Crippen LogP contribution >= 0.6 is 11.3 Å². The molecule has 2 heterocycles. The van der Waals surface area contributed by atoms with E-state index in [1.54, 1.807) is 4.90 Å². The van der Waals surface area contributed by atoms with E-state index < -0.39 is 0 Å². The van der Waals surface area contributed by atoms with Crippen LogP contribution in [-0.4, -0.2) is 61.8 Å². The minimum absolute atomic E-state index is 0.0764. The van der Waals surface area contributed by atoms with E-state index in [0.29, 0.717) is 42.8 Å². The second-order valence-corrected chi connectivity index (χ2v) is 9.54. The lowest BCUT2D eigenvalue weighted by Gasteiger charge is -2.25.